The maximum absolute atomic E-state index is 12.2. The molecular formula is C22H26N4O2S. The van der Waals surface area contributed by atoms with Gasteiger partial charge in [-0.1, -0.05) is 59.8 Å². The van der Waals surface area contributed by atoms with E-state index in [2.05, 4.69) is 28.5 Å². The van der Waals surface area contributed by atoms with Crippen LogP contribution in [0.2, 0.25) is 0 Å². The van der Waals surface area contributed by atoms with Crippen molar-refractivity contribution in [1.82, 2.24) is 20.1 Å². The SMILES string of the molecule is CCn1c(COc2ccc(C)cc2C)nnc1SCC(=O)NCc1ccccc1. The van der Waals surface area contributed by atoms with Crippen LogP contribution in [-0.4, -0.2) is 26.4 Å². The first kappa shape index (κ1) is 20.9. The monoisotopic (exact) mass is 410 g/mol. The Hall–Kier alpha value is -2.80. The van der Waals surface area contributed by atoms with E-state index in [1.807, 2.05) is 60.9 Å². The summed E-state index contributed by atoms with van der Waals surface area (Å²) in [5.41, 5.74) is 3.38. The minimum Gasteiger partial charge on any atom is -0.485 e. The van der Waals surface area contributed by atoms with Crippen molar-refractivity contribution in [3.05, 3.63) is 71.0 Å². The number of nitrogens with one attached hydrogen (secondary N) is 1. The Morgan fingerprint density at radius 2 is 1.93 bits per heavy atom. The molecule has 7 heteroatoms. The summed E-state index contributed by atoms with van der Waals surface area (Å²) in [7, 11) is 0. The number of rotatable bonds is 9. The van der Waals surface area contributed by atoms with Crippen LogP contribution in [0.3, 0.4) is 0 Å². The summed E-state index contributed by atoms with van der Waals surface area (Å²) in [6.45, 7) is 7.70. The van der Waals surface area contributed by atoms with Gasteiger partial charge in [-0.2, -0.15) is 0 Å². The summed E-state index contributed by atoms with van der Waals surface area (Å²) in [4.78, 5) is 12.2. The fraction of sp³-hybridized carbons (Fsp3) is 0.318. The van der Waals surface area contributed by atoms with E-state index < -0.39 is 0 Å². The van der Waals surface area contributed by atoms with Crippen LogP contribution < -0.4 is 10.1 Å². The molecule has 2 aromatic carbocycles. The Morgan fingerprint density at radius 1 is 1.14 bits per heavy atom. The van der Waals surface area contributed by atoms with E-state index in [9.17, 15) is 4.79 Å². The molecule has 0 aliphatic carbocycles. The summed E-state index contributed by atoms with van der Waals surface area (Å²) in [5, 5.41) is 12.2. The lowest BCUT2D eigenvalue weighted by Gasteiger charge is -2.11. The number of nitrogens with zero attached hydrogens (tertiary/aromatic N) is 3. The van der Waals surface area contributed by atoms with Crippen molar-refractivity contribution < 1.29 is 9.53 Å². The first-order valence-corrected chi connectivity index (χ1v) is 10.6. The number of benzene rings is 2. The summed E-state index contributed by atoms with van der Waals surface area (Å²) < 4.78 is 7.92. The third-order valence-electron chi connectivity index (χ3n) is 4.46. The molecule has 0 aliphatic rings. The third kappa shape index (κ3) is 5.84. The van der Waals surface area contributed by atoms with Crippen LogP contribution in [0.15, 0.2) is 53.7 Å². The molecule has 3 aromatic rings. The molecule has 152 valence electrons. The number of carbonyl (C=O) groups excluding carboxylic acids is 1. The number of aromatic nitrogens is 3. The van der Waals surface area contributed by atoms with Gasteiger partial charge >= 0.3 is 0 Å². The van der Waals surface area contributed by atoms with Gasteiger partial charge < -0.3 is 14.6 Å². The fourth-order valence-corrected chi connectivity index (χ4v) is 3.78. The molecule has 1 heterocycles. The highest BCUT2D eigenvalue weighted by Crippen LogP contribution is 2.21. The Labute approximate surface area is 175 Å². The van der Waals surface area contributed by atoms with E-state index in [4.69, 9.17) is 4.74 Å². The quantitative estimate of drug-likeness (QED) is 0.542. The van der Waals surface area contributed by atoms with Crippen molar-refractivity contribution in [2.45, 2.75) is 45.6 Å². The van der Waals surface area contributed by atoms with E-state index in [0.29, 0.717) is 25.4 Å². The third-order valence-corrected chi connectivity index (χ3v) is 5.43. The Kier molecular flexibility index (Phi) is 7.30. The number of carbonyl (C=O) groups is 1. The normalized spacial score (nSPS) is 10.7. The number of thioether (sulfide) groups is 1. The van der Waals surface area contributed by atoms with Crippen molar-refractivity contribution in [1.29, 1.82) is 0 Å². The summed E-state index contributed by atoms with van der Waals surface area (Å²) in [6, 6.07) is 16.0. The smallest absolute Gasteiger partial charge is 0.230 e. The average molecular weight is 411 g/mol. The lowest BCUT2D eigenvalue weighted by molar-refractivity contribution is -0.118. The van der Waals surface area contributed by atoms with Crippen LogP contribution >= 0.6 is 11.8 Å². The average Bonchev–Trinajstić information content (AvgIpc) is 3.12. The topological polar surface area (TPSA) is 69.0 Å². The molecule has 6 nitrogen and oxygen atoms in total. The van der Waals surface area contributed by atoms with Crippen molar-refractivity contribution >= 4 is 17.7 Å². The molecule has 0 spiro atoms. The highest BCUT2D eigenvalue weighted by atomic mass is 32.2. The van der Waals surface area contributed by atoms with E-state index in [1.165, 1.54) is 17.3 Å². The molecule has 0 fully saturated rings. The summed E-state index contributed by atoms with van der Waals surface area (Å²) in [6.07, 6.45) is 0. The molecule has 0 atom stereocenters. The summed E-state index contributed by atoms with van der Waals surface area (Å²) in [5.74, 6) is 1.86. The standard InChI is InChI=1S/C22H26N4O2S/c1-4-26-20(14-28-19-11-10-16(2)12-17(19)3)24-25-22(26)29-15-21(27)23-13-18-8-6-5-7-9-18/h5-12H,4,13-15H2,1-3H3,(H,23,27). The van der Waals surface area contributed by atoms with Gasteiger partial charge in [0.15, 0.2) is 11.0 Å². The van der Waals surface area contributed by atoms with Crippen molar-refractivity contribution in [3.8, 4) is 5.75 Å². The molecule has 1 N–H and O–H groups in total. The van der Waals surface area contributed by atoms with Crippen LogP contribution in [0.4, 0.5) is 0 Å². The van der Waals surface area contributed by atoms with Gasteiger partial charge in [-0.05, 0) is 38.0 Å². The van der Waals surface area contributed by atoms with Gasteiger partial charge in [-0.15, -0.1) is 10.2 Å². The minimum atomic E-state index is -0.0300. The van der Waals surface area contributed by atoms with Gasteiger partial charge in [-0.3, -0.25) is 4.79 Å². The van der Waals surface area contributed by atoms with Gasteiger partial charge in [0, 0.05) is 13.1 Å². The number of amides is 1. The van der Waals surface area contributed by atoms with Gasteiger partial charge in [0.2, 0.25) is 5.91 Å². The Balaban J connectivity index is 1.54. The van der Waals surface area contributed by atoms with Crippen molar-refractivity contribution in [2.75, 3.05) is 5.75 Å². The van der Waals surface area contributed by atoms with Gasteiger partial charge in [0.1, 0.15) is 12.4 Å². The molecule has 0 bridgehead atoms. The second-order valence-corrected chi connectivity index (χ2v) is 7.69. The predicted octanol–water partition coefficient (Wildman–Crippen LogP) is 3.90. The molecule has 1 amide bonds. The van der Waals surface area contributed by atoms with E-state index in [0.717, 1.165) is 27.9 Å². The molecule has 0 aliphatic heterocycles. The molecule has 0 saturated heterocycles. The zero-order valence-electron chi connectivity index (χ0n) is 17.0. The van der Waals surface area contributed by atoms with E-state index in [-0.39, 0.29) is 5.91 Å². The molecule has 1 aromatic heterocycles. The van der Waals surface area contributed by atoms with Crippen LogP contribution in [0, 0.1) is 13.8 Å². The zero-order valence-corrected chi connectivity index (χ0v) is 17.8. The lowest BCUT2D eigenvalue weighted by Crippen LogP contribution is -2.24. The minimum absolute atomic E-state index is 0.0300. The van der Waals surface area contributed by atoms with Gasteiger partial charge in [0.25, 0.3) is 0 Å². The molecule has 0 radical (unpaired) electrons. The number of hydrogen-bond donors (Lipinski definition) is 1. The lowest BCUT2D eigenvalue weighted by atomic mass is 10.1. The first-order valence-electron chi connectivity index (χ1n) is 9.62. The van der Waals surface area contributed by atoms with E-state index >= 15 is 0 Å². The molecular weight excluding hydrogens is 384 g/mol. The highest BCUT2D eigenvalue weighted by Gasteiger charge is 2.14. The van der Waals surface area contributed by atoms with E-state index in [1.54, 1.807) is 0 Å². The number of hydrogen-bond acceptors (Lipinski definition) is 5. The van der Waals surface area contributed by atoms with Crippen molar-refractivity contribution in [2.24, 2.45) is 0 Å². The zero-order chi connectivity index (χ0) is 20.6. The number of ether oxygens (including phenoxy) is 1. The van der Waals surface area contributed by atoms with Crippen LogP contribution in [0.5, 0.6) is 5.75 Å². The summed E-state index contributed by atoms with van der Waals surface area (Å²) >= 11 is 1.38. The Bertz CT molecular complexity index is 957. The molecule has 3 rings (SSSR count). The fourth-order valence-electron chi connectivity index (χ4n) is 2.93. The molecule has 0 unspecified atom stereocenters. The second-order valence-electron chi connectivity index (χ2n) is 6.75. The molecule has 29 heavy (non-hydrogen) atoms. The Morgan fingerprint density at radius 3 is 2.66 bits per heavy atom. The highest BCUT2D eigenvalue weighted by molar-refractivity contribution is 7.99. The van der Waals surface area contributed by atoms with Crippen molar-refractivity contribution in [3.63, 3.8) is 0 Å². The van der Waals surface area contributed by atoms with Crippen LogP contribution in [0.25, 0.3) is 0 Å². The van der Waals surface area contributed by atoms with Gasteiger partial charge in [-0.25, -0.2) is 0 Å². The van der Waals surface area contributed by atoms with Gasteiger partial charge in [0.05, 0.1) is 5.75 Å². The van der Waals surface area contributed by atoms with Crippen LogP contribution in [-0.2, 0) is 24.5 Å². The first-order chi connectivity index (χ1) is 14.1. The second kappa shape index (κ2) is 10.1. The maximum Gasteiger partial charge on any atom is 0.230 e. The predicted molar refractivity (Wildman–Crippen MR) is 115 cm³/mol. The number of aryl methyl sites for hydroxylation is 2. The van der Waals surface area contributed by atoms with Crippen LogP contribution in [0.1, 0.15) is 29.4 Å². The maximum atomic E-state index is 12.2. The largest absolute Gasteiger partial charge is 0.485 e. The molecule has 0 saturated carbocycles.